The summed E-state index contributed by atoms with van der Waals surface area (Å²) >= 11 is 0. The van der Waals surface area contributed by atoms with E-state index < -0.39 is 40.4 Å². The first-order chi connectivity index (χ1) is 11.3. The lowest BCUT2D eigenvalue weighted by Crippen LogP contribution is -2.13. The van der Waals surface area contributed by atoms with Crippen LogP contribution in [0.25, 0.3) is 0 Å². The maximum atomic E-state index is 13.6. The molecule has 0 aliphatic rings. The maximum absolute atomic E-state index is 13.6. The van der Waals surface area contributed by atoms with Gasteiger partial charge in [0.25, 0.3) is 0 Å². The van der Waals surface area contributed by atoms with Crippen LogP contribution in [0.2, 0.25) is 0 Å². The van der Waals surface area contributed by atoms with Crippen LogP contribution in [-0.2, 0) is 6.54 Å². The standard InChI is InChI=1S/C17H13F4NO2/c1-9(22-8-10-5-3-2-4-6-10)7-11(23)12-13(18)14(19)15(20)16(21)17(12)24/h2-7,22,24H,8H2,1H3. The zero-order valence-electron chi connectivity index (χ0n) is 12.5. The molecule has 24 heavy (non-hydrogen) atoms. The molecule has 0 saturated carbocycles. The highest BCUT2D eigenvalue weighted by molar-refractivity contribution is 6.07. The Hall–Kier alpha value is -2.83. The van der Waals surface area contributed by atoms with Gasteiger partial charge in [0.05, 0.1) is 0 Å². The largest absolute Gasteiger partial charge is 0.504 e. The molecule has 0 saturated heterocycles. The summed E-state index contributed by atoms with van der Waals surface area (Å²) in [5, 5.41) is 12.2. The zero-order valence-corrected chi connectivity index (χ0v) is 12.5. The summed E-state index contributed by atoms with van der Waals surface area (Å²) in [6, 6.07) is 9.13. The molecule has 0 heterocycles. The molecule has 3 nitrogen and oxygen atoms in total. The number of hydrogen-bond donors (Lipinski definition) is 2. The minimum absolute atomic E-state index is 0.271. The summed E-state index contributed by atoms with van der Waals surface area (Å²) in [4.78, 5) is 12.0. The number of allylic oxidation sites excluding steroid dienone is 2. The number of halogens is 4. The molecule has 0 bridgehead atoms. The first-order valence-corrected chi connectivity index (χ1v) is 6.88. The summed E-state index contributed by atoms with van der Waals surface area (Å²) in [6.45, 7) is 1.84. The third kappa shape index (κ3) is 3.56. The van der Waals surface area contributed by atoms with E-state index in [2.05, 4.69) is 5.32 Å². The van der Waals surface area contributed by atoms with Crippen LogP contribution in [0.5, 0.6) is 5.75 Å². The number of carbonyl (C=O) groups excluding carboxylic acids is 1. The molecule has 2 aromatic rings. The maximum Gasteiger partial charge on any atom is 0.204 e. The van der Waals surface area contributed by atoms with E-state index >= 15 is 0 Å². The van der Waals surface area contributed by atoms with Gasteiger partial charge in [0.1, 0.15) is 5.56 Å². The van der Waals surface area contributed by atoms with Crippen molar-refractivity contribution in [1.29, 1.82) is 0 Å². The molecule has 2 N–H and O–H groups in total. The van der Waals surface area contributed by atoms with Gasteiger partial charge in [-0.1, -0.05) is 30.3 Å². The molecular formula is C17H13F4NO2. The molecule has 2 aromatic carbocycles. The van der Waals surface area contributed by atoms with Crippen molar-refractivity contribution in [3.05, 3.63) is 76.5 Å². The van der Waals surface area contributed by atoms with E-state index in [9.17, 15) is 27.5 Å². The van der Waals surface area contributed by atoms with Gasteiger partial charge in [-0.15, -0.1) is 0 Å². The van der Waals surface area contributed by atoms with Crippen molar-refractivity contribution in [2.24, 2.45) is 0 Å². The van der Waals surface area contributed by atoms with Crippen molar-refractivity contribution in [3.63, 3.8) is 0 Å². The van der Waals surface area contributed by atoms with Crippen molar-refractivity contribution >= 4 is 5.78 Å². The summed E-state index contributed by atoms with van der Waals surface area (Å²) in [7, 11) is 0. The SMILES string of the molecule is CC(=CC(=O)c1c(O)c(F)c(F)c(F)c1F)NCc1ccccc1. The van der Waals surface area contributed by atoms with E-state index in [-0.39, 0.29) is 5.70 Å². The Balaban J connectivity index is 2.23. The first-order valence-electron chi connectivity index (χ1n) is 6.88. The molecule has 7 heteroatoms. The van der Waals surface area contributed by atoms with Gasteiger partial charge in [-0.2, -0.15) is 4.39 Å². The van der Waals surface area contributed by atoms with Gasteiger partial charge in [0, 0.05) is 18.3 Å². The van der Waals surface area contributed by atoms with Crippen LogP contribution < -0.4 is 5.32 Å². The van der Waals surface area contributed by atoms with Crippen molar-refractivity contribution in [1.82, 2.24) is 5.32 Å². The molecule has 0 radical (unpaired) electrons. The van der Waals surface area contributed by atoms with E-state index in [1.54, 1.807) is 0 Å². The third-order valence-electron chi connectivity index (χ3n) is 3.25. The number of carbonyl (C=O) groups is 1. The van der Waals surface area contributed by atoms with E-state index in [4.69, 9.17) is 0 Å². The molecule has 0 atom stereocenters. The topological polar surface area (TPSA) is 49.3 Å². The van der Waals surface area contributed by atoms with Crippen LogP contribution >= 0.6 is 0 Å². The molecule has 0 aliphatic heterocycles. The van der Waals surface area contributed by atoms with Gasteiger partial charge >= 0.3 is 0 Å². The zero-order chi connectivity index (χ0) is 17.9. The van der Waals surface area contributed by atoms with Crippen molar-refractivity contribution in [2.45, 2.75) is 13.5 Å². The fourth-order valence-electron chi connectivity index (χ4n) is 2.00. The molecule has 2 rings (SSSR count). The Kier molecular flexibility index (Phi) is 5.23. The van der Waals surface area contributed by atoms with Gasteiger partial charge in [-0.05, 0) is 12.5 Å². The Bertz CT molecular complexity index is 775. The molecule has 0 unspecified atom stereocenters. The van der Waals surface area contributed by atoms with E-state index in [0.717, 1.165) is 11.6 Å². The van der Waals surface area contributed by atoms with Crippen molar-refractivity contribution < 1.29 is 27.5 Å². The van der Waals surface area contributed by atoms with Crippen LogP contribution in [0.4, 0.5) is 17.6 Å². The van der Waals surface area contributed by atoms with Crippen molar-refractivity contribution in [3.8, 4) is 5.75 Å². The van der Waals surface area contributed by atoms with Crippen LogP contribution in [0, 0.1) is 23.3 Å². The molecule has 0 aromatic heterocycles. The van der Waals surface area contributed by atoms with E-state index in [1.807, 2.05) is 30.3 Å². The number of phenolic OH excluding ortho intramolecular Hbond substituents is 1. The third-order valence-corrected chi connectivity index (χ3v) is 3.25. The lowest BCUT2D eigenvalue weighted by Gasteiger charge is -2.09. The van der Waals surface area contributed by atoms with Crippen LogP contribution in [0.15, 0.2) is 42.1 Å². The lowest BCUT2D eigenvalue weighted by molar-refractivity contribution is 0.103. The number of rotatable bonds is 5. The van der Waals surface area contributed by atoms with Gasteiger partial charge < -0.3 is 10.4 Å². The average Bonchev–Trinajstić information content (AvgIpc) is 2.57. The number of hydrogen-bond acceptors (Lipinski definition) is 3. The molecule has 0 aliphatic carbocycles. The van der Waals surface area contributed by atoms with E-state index in [0.29, 0.717) is 6.54 Å². The number of nitrogens with one attached hydrogen (secondary N) is 1. The van der Waals surface area contributed by atoms with Crippen molar-refractivity contribution in [2.75, 3.05) is 0 Å². The Morgan fingerprint density at radius 2 is 1.62 bits per heavy atom. The monoisotopic (exact) mass is 339 g/mol. The second kappa shape index (κ2) is 7.16. The van der Waals surface area contributed by atoms with Gasteiger partial charge in [0.15, 0.2) is 23.2 Å². The van der Waals surface area contributed by atoms with E-state index in [1.165, 1.54) is 6.92 Å². The lowest BCUT2D eigenvalue weighted by atomic mass is 10.1. The summed E-state index contributed by atoms with van der Waals surface area (Å²) in [6.07, 6.45) is 0.859. The predicted molar refractivity (Wildman–Crippen MR) is 79.3 cm³/mol. The molecule has 0 amide bonds. The normalized spacial score (nSPS) is 11.5. The highest BCUT2D eigenvalue weighted by Crippen LogP contribution is 2.30. The smallest absolute Gasteiger partial charge is 0.204 e. The Labute approximate surface area is 135 Å². The number of benzene rings is 2. The Morgan fingerprint density at radius 3 is 2.25 bits per heavy atom. The predicted octanol–water partition coefficient (Wildman–Crippen LogP) is 3.82. The molecule has 126 valence electrons. The quantitative estimate of drug-likeness (QED) is 0.286. The van der Waals surface area contributed by atoms with Crippen LogP contribution in [0.1, 0.15) is 22.8 Å². The molecule has 0 fully saturated rings. The first kappa shape index (κ1) is 17.5. The molecular weight excluding hydrogens is 326 g/mol. The highest BCUT2D eigenvalue weighted by atomic mass is 19.2. The summed E-state index contributed by atoms with van der Waals surface area (Å²) in [5.74, 6) is -11.0. The number of phenols is 1. The Morgan fingerprint density at radius 1 is 1.04 bits per heavy atom. The van der Waals surface area contributed by atoms with Gasteiger partial charge in [-0.3, -0.25) is 4.79 Å². The highest BCUT2D eigenvalue weighted by Gasteiger charge is 2.28. The summed E-state index contributed by atoms with van der Waals surface area (Å²) < 4.78 is 53.1. The second-order valence-electron chi connectivity index (χ2n) is 5.01. The minimum Gasteiger partial charge on any atom is -0.504 e. The minimum atomic E-state index is -2.18. The van der Waals surface area contributed by atoms with Crippen LogP contribution in [-0.4, -0.2) is 10.9 Å². The fraction of sp³-hybridized carbons (Fsp3) is 0.118. The van der Waals surface area contributed by atoms with Gasteiger partial charge in [0.2, 0.25) is 11.6 Å². The fourth-order valence-corrected chi connectivity index (χ4v) is 2.00. The average molecular weight is 339 g/mol. The van der Waals surface area contributed by atoms with Crippen LogP contribution in [0.3, 0.4) is 0 Å². The second-order valence-corrected chi connectivity index (χ2v) is 5.01. The van der Waals surface area contributed by atoms with Gasteiger partial charge in [-0.25, -0.2) is 13.2 Å². The molecule has 0 spiro atoms. The number of aromatic hydroxyl groups is 1. The summed E-state index contributed by atoms with van der Waals surface area (Å²) in [5.41, 5.74) is -0.0781. The number of ketones is 1.